The monoisotopic (exact) mass is 440 g/mol. The summed E-state index contributed by atoms with van der Waals surface area (Å²) in [7, 11) is -4.12. The van der Waals surface area contributed by atoms with Gasteiger partial charge in [-0.1, -0.05) is 12.1 Å². The quantitative estimate of drug-likeness (QED) is 0.733. The topological polar surface area (TPSA) is 49.9 Å². The molecule has 0 saturated carbocycles. The number of rotatable bonds is 4. The smallest absolute Gasteiger partial charge is 0.246 e. The molecule has 0 amide bonds. The highest BCUT2D eigenvalue weighted by atomic mass is 32.2. The Morgan fingerprint density at radius 2 is 1.70 bits per heavy atom. The second-order valence-corrected chi connectivity index (χ2v) is 9.71. The average molecular weight is 440 g/mol. The Bertz CT molecular complexity index is 1030. The van der Waals surface area contributed by atoms with Crippen LogP contribution in [0.5, 0.6) is 0 Å². The van der Waals surface area contributed by atoms with Gasteiger partial charge in [-0.3, -0.25) is 4.90 Å². The summed E-state index contributed by atoms with van der Waals surface area (Å²) in [5.74, 6) is -2.24. The van der Waals surface area contributed by atoms with Crippen molar-refractivity contribution in [2.75, 3.05) is 32.8 Å². The molecule has 162 valence electrons. The SMILES string of the molecule is O=S(=O)(c1ccc(F)cc1F)N1CCN(Cc2cccc(F)c2)C2(CCOCC2)C1. The molecule has 0 unspecified atom stereocenters. The molecule has 2 heterocycles. The van der Waals surface area contributed by atoms with Crippen LogP contribution in [-0.4, -0.2) is 56.0 Å². The zero-order valence-electron chi connectivity index (χ0n) is 16.4. The number of hydrogen-bond donors (Lipinski definition) is 0. The summed E-state index contributed by atoms with van der Waals surface area (Å²) in [5.41, 5.74) is 0.314. The standard InChI is InChI=1S/C21H23F3N2O3S/c22-17-3-1-2-16(12-17)14-25-8-9-26(15-21(25)6-10-29-11-7-21)30(27,28)20-5-4-18(23)13-19(20)24/h1-5,12-13H,6-11,14-15H2. The summed E-state index contributed by atoms with van der Waals surface area (Å²) in [6, 6.07) is 8.85. The highest BCUT2D eigenvalue weighted by Gasteiger charge is 2.46. The fourth-order valence-electron chi connectivity index (χ4n) is 4.33. The number of benzene rings is 2. The lowest BCUT2D eigenvalue weighted by Gasteiger charge is -2.52. The van der Waals surface area contributed by atoms with Crippen LogP contribution in [0.1, 0.15) is 18.4 Å². The summed E-state index contributed by atoms with van der Waals surface area (Å²) < 4.78 is 74.1. The normalized spacial score (nSPS) is 20.5. The van der Waals surface area contributed by atoms with Crippen molar-refractivity contribution >= 4 is 10.0 Å². The molecular formula is C21H23F3N2O3S. The van der Waals surface area contributed by atoms with Gasteiger partial charge in [0.25, 0.3) is 0 Å². The van der Waals surface area contributed by atoms with Gasteiger partial charge in [-0.05, 0) is 42.7 Å². The molecule has 0 N–H and O–H groups in total. The van der Waals surface area contributed by atoms with E-state index in [2.05, 4.69) is 4.90 Å². The number of sulfonamides is 1. The molecule has 2 aromatic rings. The fraction of sp³-hybridized carbons (Fsp3) is 0.429. The van der Waals surface area contributed by atoms with E-state index < -0.39 is 32.1 Å². The maximum Gasteiger partial charge on any atom is 0.246 e. The van der Waals surface area contributed by atoms with Crippen LogP contribution in [0.4, 0.5) is 13.2 Å². The summed E-state index contributed by atoms with van der Waals surface area (Å²) in [6.45, 7) is 2.20. The zero-order chi connectivity index (χ0) is 21.4. The van der Waals surface area contributed by atoms with Crippen LogP contribution in [0.3, 0.4) is 0 Å². The summed E-state index contributed by atoms with van der Waals surface area (Å²) >= 11 is 0. The maximum absolute atomic E-state index is 14.2. The minimum Gasteiger partial charge on any atom is -0.381 e. The molecule has 4 rings (SSSR count). The van der Waals surface area contributed by atoms with E-state index in [1.54, 1.807) is 6.07 Å². The Morgan fingerprint density at radius 3 is 2.40 bits per heavy atom. The van der Waals surface area contributed by atoms with Crippen LogP contribution >= 0.6 is 0 Å². The zero-order valence-corrected chi connectivity index (χ0v) is 17.2. The van der Waals surface area contributed by atoms with Gasteiger partial charge >= 0.3 is 0 Å². The number of piperazine rings is 1. The lowest BCUT2D eigenvalue weighted by atomic mass is 9.86. The molecule has 0 bridgehead atoms. The van der Waals surface area contributed by atoms with Gasteiger partial charge in [-0.25, -0.2) is 21.6 Å². The molecule has 9 heteroatoms. The first-order chi connectivity index (χ1) is 14.3. The molecule has 5 nitrogen and oxygen atoms in total. The molecular weight excluding hydrogens is 417 g/mol. The molecule has 2 aliphatic heterocycles. The van der Waals surface area contributed by atoms with Gasteiger partial charge in [0.05, 0.1) is 0 Å². The largest absolute Gasteiger partial charge is 0.381 e. The van der Waals surface area contributed by atoms with Gasteiger partial charge < -0.3 is 4.74 Å². The van der Waals surface area contributed by atoms with Crippen LogP contribution in [-0.2, 0) is 21.3 Å². The maximum atomic E-state index is 14.2. The van der Waals surface area contributed by atoms with Gasteiger partial charge in [0, 0.05) is 51.0 Å². The van der Waals surface area contributed by atoms with E-state index in [0.717, 1.165) is 17.7 Å². The second-order valence-electron chi connectivity index (χ2n) is 7.80. The van der Waals surface area contributed by atoms with Crippen molar-refractivity contribution in [1.82, 2.24) is 9.21 Å². The van der Waals surface area contributed by atoms with Crippen LogP contribution < -0.4 is 0 Å². The second kappa shape index (κ2) is 8.30. The highest BCUT2D eigenvalue weighted by molar-refractivity contribution is 7.89. The average Bonchev–Trinajstić information content (AvgIpc) is 2.70. The molecule has 0 atom stereocenters. The minimum atomic E-state index is -4.12. The first-order valence-corrected chi connectivity index (χ1v) is 11.3. The van der Waals surface area contributed by atoms with Gasteiger partial charge in [0.15, 0.2) is 0 Å². The van der Waals surface area contributed by atoms with E-state index >= 15 is 0 Å². The number of ether oxygens (including phenoxy) is 1. The Labute approximate surface area is 174 Å². The van der Waals surface area contributed by atoms with E-state index in [4.69, 9.17) is 4.74 Å². The number of nitrogens with zero attached hydrogens (tertiary/aromatic N) is 2. The first-order valence-electron chi connectivity index (χ1n) is 9.83. The Kier molecular flexibility index (Phi) is 5.89. The van der Waals surface area contributed by atoms with E-state index in [-0.39, 0.29) is 18.9 Å². The van der Waals surface area contributed by atoms with Crippen molar-refractivity contribution < 1.29 is 26.3 Å². The molecule has 2 aliphatic rings. The molecule has 2 saturated heterocycles. The molecule has 2 aromatic carbocycles. The van der Waals surface area contributed by atoms with Crippen molar-refractivity contribution in [3.05, 3.63) is 65.5 Å². The summed E-state index contributed by atoms with van der Waals surface area (Å²) in [5, 5.41) is 0. The summed E-state index contributed by atoms with van der Waals surface area (Å²) in [6.07, 6.45) is 1.22. The Hall–Kier alpha value is -1.94. The third-order valence-corrected chi connectivity index (χ3v) is 7.84. The van der Waals surface area contributed by atoms with Gasteiger partial charge in [-0.15, -0.1) is 0 Å². The van der Waals surface area contributed by atoms with E-state index in [1.165, 1.54) is 16.4 Å². The number of halogens is 3. The Balaban J connectivity index is 1.62. The third kappa shape index (κ3) is 4.12. The van der Waals surface area contributed by atoms with Crippen LogP contribution in [0, 0.1) is 17.5 Å². The van der Waals surface area contributed by atoms with Crippen molar-refractivity contribution in [1.29, 1.82) is 0 Å². The molecule has 30 heavy (non-hydrogen) atoms. The molecule has 0 aliphatic carbocycles. The van der Waals surface area contributed by atoms with Crippen molar-refractivity contribution in [2.45, 2.75) is 29.8 Å². The highest BCUT2D eigenvalue weighted by Crippen LogP contribution is 2.35. The fourth-order valence-corrected chi connectivity index (χ4v) is 5.89. The lowest BCUT2D eigenvalue weighted by Crippen LogP contribution is -2.64. The molecule has 2 fully saturated rings. The molecule has 1 spiro atoms. The van der Waals surface area contributed by atoms with E-state index in [9.17, 15) is 21.6 Å². The van der Waals surface area contributed by atoms with Gasteiger partial charge in [0.2, 0.25) is 10.0 Å². The minimum absolute atomic E-state index is 0.164. The molecule has 0 aromatic heterocycles. The van der Waals surface area contributed by atoms with Crippen molar-refractivity contribution in [3.63, 3.8) is 0 Å². The van der Waals surface area contributed by atoms with Crippen LogP contribution in [0.25, 0.3) is 0 Å². The first kappa shape index (κ1) is 21.3. The molecule has 0 radical (unpaired) electrons. The predicted molar refractivity (Wildman–Crippen MR) is 105 cm³/mol. The van der Waals surface area contributed by atoms with E-state index in [0.29, 0.717) is 45.2 Å². The predicted octanol–water partition coefficient (Wildman–Crippen LogP) is 3.16. The third-order valence-electron chi connectivity index (χ3n) is 5.96. The van der Waals surface area contributed by atoms with Gasteiger partial charge in [-0.2, -0.15) is 4.31 Å². The van der Waals surface area contributed by atoms with Crippen LogP contribution in [0.15, 0.2) is 47.4 Å². The van der Waals surface area contributed by atoms with Crippen LogP contribution in [0.2, 0.25) is 0 Å². The van der Waals surface area contributed by atoms with Gasteiger partial charge in [0.1, 0.15) is 22.3 Å². The number of hydrogen-bond acceptors (Lipinski definition) is 4. The van der Waals surface area contributed by atoms with Crippen molar-refractivity contribution in [3.8, 4) is 0 Å². The lowest BCUT2D eigenvalue weighted by molar-refractivity contribution is -0.0608. The Morgan fingerprint density at radius 1 is 0.967 bits per heavy atom. The van der Waals surface area contributed by atoms with E-state index in [1.807, 2.05) is 6.07 Å². The van der Waals surface area contributed by atoms with Crippen molar-refractivity contribution in [2.24, 2.45) is 0 Å². The summed E-state index contributed by atoms with van der Waals surface area (Å²) in [4.78, 5) is 1.65.